The summed E-state index contributed by atoms with van der Waals surface area (Å²) in [5, 5.41) is 0. The number of aryl methyl sites for hydroxylation is 2. The summed E-state index contributed by atoms with van der Waals surface area (Å²) in [5.74, 6) is -0.0219. The summed E-state index contributed by atoms with van der Waals surface area (Å²) in [7, 11) is 0. The van der Waals surface area contributed by atoms with Gasteiger partial charge < -0.3 is 0 Å². The summed E-state index contributed by atoms with van der Waals surface area (Å²) < 4.78 is 0. The number of hydrogen-bond donors (Lipinski definition) is 0. The fraction of sp³-hybridized carbons (Fsp3) is 0.250. The minimum Gasteiger partial charge on any atom is -0.294 e. The summed E-state index contributed by atoms with van der Waals surface area (Å²) in [6.45, 7) is 4.11. The second-order valence-corrected chi connectivity index (χ2v) is 3.54. The molecule has 0 aliphatic rings. The van der Waals surface area contributed by atoms with Gasteiger partial charge in [-0.15, -0.1) is 11.6 Å². The molecule has 0 bridgehead atoms. The average Bonchev–Trinajstić information content (AvgIpc) is 2.19. The molecule has 0 aliphatic carbocycles. The SMILES string of the molecule is Cc1ccc(C=CC(=O)CCl)cc1C. The number of benzene rings is 1. The highest BCUT2D eigenvalue weighted by atomic mass is 35.5. The number of carbonyl (C=O) groups excluding carboxylic acids is 1. The fourth-order valence-electron chi connectivity index (χ4n) is 1.10. The van der Waals surface area contributed by atoms with Gasteiger partial charge in [0.1, 0.15) is 0 Å². The molecule has 0 saturated heterocycles. The third kappa shape index (κ3) is 3.00. The van der Waals surface area contributed by atoms with Gasteiger partial charge in [-0.25, -0.2) is 0 Å². The van der Waals surface area contributed by atoms with Gasteiger partial charge in [-0.05, 0) is 36.6 Å². The van der Waals surface area contributed by atoms with E-state index in [1.54, 1.807) is 6.08 Å². The molecule has 1 aromatic carbocycles. The van der Waals surface area contributed by atoms with Crippen molar-refractivity contribution in [3.05, 3.63) is 41.0 Å². The topological polar surface area (TPSA) is 17.1 Å². The summed E-state index contributed by atoms with van der Waals surface area (Å²) in [5.41, 5.74) is 3.52. The van der Waals surface area contributed by atoms with Gasteiger partial charge in [0.2, 0.25) is 0 Å². The van der Waals surface area contributed by atoms with Crippen LogP contribution in [0.5, 0.6) is 0 Å². The van der Waals surface area contributed by atoms with Crippen LogP contribution in [0, 0.1) is 13.8 Å². The molecule has 0 fully saturated rings. The van der Waals surface area contributed by atoms with Gasteiger partial charge in [0, 0.05) is 0 Å². The fourth-order valence-corrected chi connectivity index (χ4v) is 1.19. The lowest BCUT2D eigenvalue weighted by atomic mass is 10.1. The molecule has 1 rings (SSSR count). The quantitative estimate of drug-likeness (QED) is 0.551. The maximum atomic E-state index is 10.9. The van der Waals surface area contributed by atoms with Crippen molar-refractivity contribution >= 4 is 23.5 Å². The molecule has 0 N–H and O–H groups in total. The Morgan fingerprint density at radius 2 is 2.07 bits per heavy atom. The van der Waals surface area contributed by atoms with E-state index in [2.05, 4.69) is 13.8 Å². The van der Waals surface area contributed by atoms with E-state index in [4.69, 9.17) is 11.6 Å². The number of alkyl halides is 1. The molecule has 0 unspecified atom stereocenters. The van der Waals surface area contributed by atoms with Crippen molar-refractivity contribution < 1.29 is 4.79 Å². The molecule has 1 nitrogen and oxygen atoms in total. The van der Waals surface area contributed by atoms with Crippen LogP contribution in [0.3, 0.4) is 0 Å². The largest absolute Gasteiger partial charge is 0.294 e. The van der Waals surface area contributed by atoms with Crippen LogP contribution in [0.15, 0.2) is 24.3 Å². The maximum absolute atomic E-state index is 10.9. The molecule has 2 heteroatoms. The van der Waals surface area contributed by atoms with E-state index in [1.165, 1.54) is 17.2 Å². The van der Waals surface area contributed by atoms with E-state index in [-0.39, 0.29) is 11.7 Å². The molecule has 1 aromatic rings. The molecule has 74 valence electrons. The van der Waals surface area contributed by atoms with Crippen LogP contribution in [0.4, 0.5) is 0 Å². The number of ketones is 1. The van der Waals surface area contributed by atoms with Gasteiger partial charge >= 0.3 is 0 Å². The van der Waals surface area contributed by atoms with Gasteiger partial charge in [0.05, 0.1) is 5.88 Å². The van der Waals surface area contributed by atoms with Crippen molar-refractivity contribution in [2.24, 2.45) is 0 Å². The third-order valence-electron chi connectivity index (χ3n) is 2.12. The maximum Gasteiger partial charge on any atom is 0.170 e. The molecule has 14 heavy (non-hydrogen) atoms. The number of carbonyl (C=O) groups is 1. The first-order valence-corrected chi connectivity index (χ1v) is 5.01. The van der Waals surface area contributed by atoms with E-state index >= 15 is 0 Å². The van der Waals surface area contributed by atoms with Crippen molar-refractivity contribution in [1.29, 1.82) is 0 Å². The highest BCUT2D eigenvalue weighted by Gasteiger charge is 1.94. The Kier molecular flexibility index (Phi) is 3.90. The minimum absolute atomic E-state index is 0.0430. The lowest BCUT2D eigenvalue weighted by molar-refractivity contribution is -0.112. The average molecular weight is 209 g/mol. The number of halogens is 1. The molecule has 0 aromatic heterocycles. The molecular weight excluding hydrogens is 196 g/mol. The van der Waals surface area contributed by atoms with E-state index in [9.17, 15) is 4.79 Å². The first-order valence-electron chi connectivity index (χ1n) is 4.47. The van der Waals surface area contributed by atoms with Crippen LogP contribution < -0.4 is 0 Å². The van der Waals surface area contributed by atoms with E-state index in [0.717, 1.165) is 5.56 Å². The zero-order valence-corrected chi connectivity index (χ0v) is 9.14. The van der Waals surface area contributed by atoms with Crippen LogP contribution in [-0.4, -0.2) is 11.7 Å². The monoisotopic (exact) mass is 208 g/mol. The summed E-state index contributed by atoms with van der Waals surface area (Å²) in [6, 6.07) is 6.08. The summed E-state index contributed by atoms with van der Waals surface area (Å²) in [6.07, 6.45) is 3.30. The van der Waals surface area contributed by atoms with Gasteiger partial charge in [-0.2, -0.15) is 0 Å². The Hall–Kier alpha value is -1.08. The van der Waals surface area contributed by atoms with Gasteiger partial charge in [-0.1, -0.05) is 24.3 Å². The van der Waals surface area contributed by atoms with Crippen molar-refractivity contribution in [3.63, 3.8) is 0 Å². The smallest absolute Gasteiger partial charge is 0.170 e. The molecule has 0 radical (unpaired) electrons. The third-order valence-corrected chi connectivity index (χ3v) is 2.39. The normalized spacial score (nSPS) is 10.8. The Bertz CT molecular complexity index is 367. The van der Waals surface area contributed by atoms with Gasteiger partial charge in [0.25, 0.3) is 0 Å². The molecule has 0 heterocycles. The summed E-state index contributed by atoms with van der Waals surface area (Å²) in [4.78, 5) is 10.9. The van der Waals surface area contributed by atoms with Crippen LogP contribution in [-0.2, 0) is 4.79 Å². The van der Waals surface area contributed by atoms with E-state index < -0.39 is 0 Å². The summed E-state index contributed by atoms with van der Waals surface area (Å²) >= 11 is 5.37. The first kappa shape index (κ1) is 11.0. The molecule has 0 amide bonds. The number of rotatable bonds is 3. The zero-order valence-electron chi connectivity index (χ0n) is 8.38. The first-order chi connectivity index (χ1) is 6.63. The predicted molar refractivity (Wildman–Crippen MR) is 60.7 cm³/mol. The Morgan fingerprint density at radius 1 is 1.36 bits per heavy atom. The van der Waals surface area contributed by atoms with Gasteiger partial charge in [-0.3, -0.25) is 4.79 Å². The minimum atomic E-state index is -0.0649. The molecule has 0 saturated carbocycles. The van der Waals surface area contributed by atoms with Crippen molar-refractivity contribution in [2.75, 3.05) is 5.88 Å². The molecule has 0 atom stereocenters. The Labute approximate surface area is 89.4 Å². The van der Waals surface area contributed by atoms with Crippen LogP contribution in [0.2, 0.25) is 0 Å². The molecular formula is C12H13ClO. The number of allylic oxidation sites excluding steroid dienone is 1. The highest BCUT2D eigenvalue weighted by Crippen LogP contribution is 2.10. The number of hydrogen-bond acceptors (Lipinski definition) is 1. The van der Waals surface area contributed by atoms with Crippen molar-refractivity contribution in [3.8, 4) is 0 Å². The predicted octanol–water partition coefficient (Wildman–Crippen LogP) is 3.12. The Morgan fingerprint density at radius 3 is 2.64 bits per heavy atom. The van der Waals surface area contributed by atoms with Gasteiger partial charge in [0.15, 0.2) is 5.78 Å². The second-order valence-electron chi connectivity index (χ2n) is 3.28. The highest BCUT2D eigenvalue weighted by molar-refractivity contribution is 6.29. The lowest BCUT2D eigenvalue weighted by Gasteiger charge is -2.00. The zero-order chi connectivity index (χ0) is 10.6. The molecule has 0 spiro atoms. The second kappa shape index (κ2) is 4.97. The standard InChI is InChI=1S/C12H13ClO/c1-9-3-4-11(7-10(9)2)5-6-12(14)8-13/h3-7H,8H2,1-2H3. The van der Waals surface area contributed by atoms with E-state index in [1.807, 2.05) is 18.2 Å². The van der Waals surface area contributed by atoms with Crippen molar-refractivity contribution in [2.45, 2.75) is 13.8 Å². The van der Waals surface area contributed by atoms with Crippen LogP contribution in [0.25, 0.3) is 6.08 Å². The van der Waals surface area contributed by atoms with E-state index in [0.29, 0.717) is 0 Å². The molecule has 0 aliphatic heterocycles. The van der Waals surface area contributed by atoms with Crippen molar-refractivity contribution in [1.82, 2.24) is 0 Å². The van der Waals surface area contributed by atoms with Crippen LogP contribution >= 0.6 is 11.6 Å². The Balaban J connectivity index is 2.83. The van der Waals surface area contributed by atoms with Crippen LogP contribution in [0.1, 0.15) is 16.7 Å². The lowest BCUT2D eigenvalue weighted by Crippen LogP contribution is -1.91.